The summed E-state index contributed by atoms with van der Waals surface area (Å²) in [5.74, 6) is 0.376. The second-order valence-electron chi connectivity index (χ2n) is 5.06. The van der Waals surface area contributed by atoms with Crippen LogP contribution in [0.2, 0.25) is 0 Å². The summed E-state index contributed by atoms with van der Waals surface area (Å²) in [5, 5.41) is 3.03. The monoisotopic (exact) mass is 314 g/mol. The van der Waals surface area contributed by atoms with Crippen LogP contribution in [0.15, 0.2) is 23.1 Å². The summed E-state index contributed by atoms with van der Waals surface area (Å²) >= 11 is 0. The van der Waals surface area contributed by atoms with E-state index in [4.69, 9.17) is 9.47 Å². The molecular weight excluding hydrogens is 292 g/mol. The van der Waals surface area contributed by atoms with Crippen molar-refractivity contribution in [3.05, 3.63) is 23.8 Å². The lowest BCUT2D eigenvalue weighted by molar-refractivity contribution is 0.0392. The first kappa shape index (κ1) is 16.2. The highest BCUT2D eigenvalue weighted by molar-refractivity contribution is 7.89. The number of morpholine rings is 1. The maximum Gasteiger partial charge on any atom is 0.247 e. The van der Waals surface area contributed by atoms with Gasteiger partial charge in [-0.25, -0.2) is 8.42 Å². The van der Waals surface area contributed by atoms with E-state index in [1.165, 1.54) is 11.4 Å². The molecule has 1 unspecified atom stereocenters. The molecular formula is C14H22N2O4S. The van der Waals surface area contributed by atoms with Crippen molar-refractivity contribution in [3.8, 4) is 5.75 Å². The first-order valence-electron chi connectivity index (χ1n) is 6.91. The molecule has 1 aromatic rings. The topological polar surface area (TPSA) is 67.9 Å². The highest BCUT2D eigenvalue weighted by Crippen LogP contribution is 2.29. The molecule has 0 amide bonds. The summed E-state index contributed by atoms with van der Waals surface area (Å²) in [4.78, 5) is 0.207. The molecule has 0 aromatic heterocycles. The van der Waals surface area contributed by atoms with Gasteiger partial charge < -0.3 is 14.8 Å². The third-order valence-corrected chi connectivity index (χ3v) is 5.56. The van der Waals surface area contributed by atoms with Crippen LogP contribution < -0.4 is 10.1 Å². The lowest BCUT2D eigenvalue weighted by Gasteiger charge is -2.32. The van der Waals surface area contributed by atoms with Gasteiger partial charge in [-0.2, -0.15) is 4.31 Å². The summed E-state index contributed by atoms with van der Waals surface area (Å²) in [5.41, 5.74) is 0.975. The van der Waals surface area contributed by atoms with E-state index < -0.39 is 10.0 Å². The minimum atomic E-state index is -3.58. The SMILES string of the molecule is CNCc1ccc(S(=O)(=O)N2CCOCC2C)c(OC)c1. The van der Waals surface area contributed by atoms with Gasteiger partial charge in [-0.3, -0.25) is 0 Å². The number of ether oxygens (including phenoxy) is 2. The summed E-state index contributed by atoms with van der Waals surface area (Å²) in [6.45, 7) is 3.71. The molecule has 2 rings (SSSR count). The third-order valence-electron chi connectivity index (χ3n) is 3.50. The van der Waals surface area contributed by atoms with Crippen LogP contribution in [0.4, 0.5) is 0 Å². The number of methoxy groups -OCH3 is 1. The Hall–Kier alpha value is -1.15. The number of hydrogen-bond acceptors (Lipinski definition) is 5. The van der Waals surface area contributed by atoms with Gasteiger partial charge in [-0.15, -0.1) is 0 Å². The Morgan fingerprint density at radius 1 is 1.48 bits per heavy atom. The Balaban J connectivity index is 2.39. The molecule has 6 nitrogen and oxygen atoms in total. The average Bonchev–Trinajstić information content (AvgIpc) is 2.47. The number of hydrogen-bond donors (Lipinski definition) is 1. The molecule has 0 radical (unpaired) electrons. The highest BCUT2D eigenvalue weighted by Gasteiger charge is 2.33. The second kappa shape index (κ2) is 6.74. The Bertz CT molecular complexity index is 589. The number of rotatable bonds is 5. The minimum Gasteiger partial charge on any atom is -0.495 e. The van der Waals surface area contributed by atoms with Crippen molar-refractivity contribution >= 4 is 10.0 Å². The van der Waals surface area contributed by atoms with Gasteiger partial charge in [0.15, 0.2) is 0 Å². The second-order valence-corrected chi connectivity index (χ2v) is 6.91. The van der Waals surface area contributed by atoms with E-state index >= 15 is 0 Å². The first-order valence-corrected chi connectivity index (χ1v) is 8.35. The number of benzene rings is 1. The smallest absolute Gasteiger partial charge is 0.247 e. The number of nitrogens with zero attached hydrogens (tertiary/aromatic N) is 1. The average molecular weight is 314 g/mol. The lowest BCUT2D eigenvalue weighted by Crippen LogP contribution is -2.47. The molecule has 118 valence electrons. The van der Waals surface area contributed by atoms with Crippen molar-refractivity contribution in [3.63, 3.8) is 0 Å². The van der Waals surface area contributed by atoms with Crippen molar-refractivity contribution in [1.82, 2.24) is 9.62 Å². The molecule has 0 saturated carbocycles. The Kier molecular flexibility index (Phi) is 5.21. The van der Waals surface area contributed by atoms with Crippen molar-refractivity contribution in [2.45, 2.75) is 24.4 Å². The van der Waals surface area contributed by atoms with Gasteiger partial charge in [-0.05, 0) is 31.7 Å². The van der Waals surface area contributed by atoms with E-state index in [-0.39, 0.29) is 10.9 Å². The van der Waals surface area contributed by atoms with E-state index in [1.54, 1.807) is 18.2 Å². The lowest BCUT2D eigenvalue weighted by atomic mass is 10.2. The van der Waals surface area contributed by atoms with Crippen LogP contribution in [0.5, 0.6) is 5.75 Å². The van der Waals surface area contributed by atoms with Crippen molar-refractivity contribution in [1.29, 1.82) is 0 Å². The zero-order valence-corrected chi connectivity index (χ0v) is 13.4. The summed E-state index contributed by atoms with van der Waals surface area (Å²) in [6.07, 6.45) is 0. The predicted octanol–water partition coefficient (Wildman–Crippen LogP) is 0.824. The third kappa shape index (κ3) is 3.37. The zero-order chi connectivity index (χ0) is 15.5. The van der Waals surface area contributed by atoms with Crippen LogP contribution in [-0.2, 0) is 21.3 Å². The fraction of sp³-hybridized carbons (Fsp3) is 0.571. The molecule has 0 aliphatic carbocycles. The predicted molar refractivity (Wildman–Crippen MR) is 79.9 cm³/mol. The molecule has 1 saturated heterocycles. The van der Waals surface area contributed by atoms with Gasteiger partial charge in [0.2, 0.25) is 10.0 Å². The van der Waals surface area contributed by atoms with Crippen LogP contribution in [0.25, 0.3) is 0 Å². The van der Waals surface area contributed by atoms with Gasteiger partial charge in [0, 0.05) is 19.1 Å². The van der Waals surface area contributed by atoms with Crippen LogP contribution >= 0.6 is 0 Å². The highest BCUT2D eigenvalue weighted by atomic mass is 32.2. The Labute approximate surface area is 126 Å². The molecule has 0 spiro atoms. The van der Waals surface area contributed by atoms with Crippen molar-refractivity contribution in [2.75, 3.05) is 33.9 Å². The van der Waals surface area contributed by atoms with Gasteiger partial charge >= 0.3 is 0 Å². The first-order chi connectivity index (χ1) is 10.0. The number of nitrogens with one attached hydrogen (secondary N) is 1. The van der Waals surface area contributed by atoms with Crippen LogP contribution in [-0.4, -0.2) is 52.7 Å². The van der Waals surface area contributed by atoms with E-state index in [9.17, 15) is 8.42 Å². The Morgan fingerprint density at radius 3 is 2.86 bits per heavy atom. The molecule has 1 heterocycles. The van der Waals surface area contributed by atoms with E-state index in [2.05, 4.69) is 5.32 Å². The zero-order valence-electron chi connectivity index (χ0n) is 12.6. The molecule has 1 aliphatic heterocycles. The standard InChI is InChI=1S/C14H22N2O4S/c1-11-10-20-7-6-16(11)21(17,18)14-5-4-12(9-15-2)8-13(14)19-3/h4-5,8,11,15H,6-7,9-10H2,1-3H3. The quantitative estimate of drug-likeness (QED) is 0.872. The maximum absolute atomic E-state index is 12.8. The maximum atomic E-state index is 12.8. The summed E-state index contributed by atoms with van der Waals surface area (Å²) in [6, 6.07) is 5.00. The van der Waals surface area contributed by atoms with Crippen molar-refractivity contribution < 1.29 is 17.9 Å². The molecule has 1 aliphatic rings. The van der Waals surface area contributed by atoms with Gasteiger partial charge in [0.25, 0.3) is 0 Å². The molecule has 1 fully saturated rings. The van der Waals surface area contributed by atoms with Crippen LogP contribution in [0.1, 0.15) is 12.5 Å². The molecule has 0 bridgehead atoms. The normalized spacial score (nSPS) is 20.4. The molecule has 21 heavy (non-hydrogen) atoms. The summed E-state index contributed by atoms with van der Waals surface area (Å²) < 4.78 is 37.7. The summed E-state index contributed by atoms with van der Waals surface area (Å²) in [7, 11) is -0.252. The Morgan fingerprint density at radius 2 is 2.24 bits per heavy atom. The van der Waals surface area contributed by atoms with Crippen LogP contribution in [0.3, 0.4) is 0 Å². The molecule has 1 atom stereocenters. The van der Waals surface area contributed by atoms with E-state index in [0.29, 0.717) is 32.1 Å². The fourth-order valence-corrected chi connectivity index (χ4v) is 4.17. The van der Waals surface area contributed by atoms with Gasteiger partial charge in [-0.1, -0.05) is 6.07 Å². The minimum absolute atomic E-state index is 0.176. The van der Waals surface area contributed by atoms with Gasteiger partial charge in [0.05, 0.1) is 20.3 Å². The fourth-order valence-electron chi connectivity index (χ4n) is 2.43. The van der Waals surface area contributed by atoms with Crippen LogP contribution in [0, 0.1) is 0 Å². The molecule has 7 heteroatoms. The molecule has 1 N–H and O–H groups in total. The molecule has 1 aromatic carbocycles. The van der Waals surface area contributed by atoms with Gasteiger partial charge in [0.1, 0.15) is 10.6 Å². The van der Waals surface area contributed by atoms with Crippen molar-refractivity contribution in [2.24, 2.45) is 0 Å². The van der Waals surface area contributed by atoms with E-state index in [1.807, 2.05) is 14.0 Å². The number of sulfonamides is 1. The largest absolute Gasteiger partial charge is 0.495 e. The van der Waals surface area contributed by atoms with E-state index in [0.717, 1.165) is 5.56 Å².